The molecule has 1 aromatic heterocycles. The third-order valence-corrected chi connectivity index (χ3v) is 3.32. The summed E-state index contributed by atoms with van der Waals surface area (Å²) < 4.78 is 12.7. The molecule has 1 heterocycles. The number of benzene rings is 2. The van der Waals surface area contributed by atoms with Gasteiger partial charge in [-0.25, -0.2) is 0 Å². The average Bonchev–Trinajstić information content (AvgIpc) is 3.03. The molecule has 0 atom stereocenters. The zero-order valence-electron chi connectivity index (χ0n) is 12.5. The van der Waals surface area contributed by atoms with Gasteiger partial charge in [-0.2, -0.15) is 5.10 Å². The van der Waals surface area contributed by atoms with Crippen LogP contribution in [-0.4, -0.2) is 23.5 Å². The minimum atomic E-state index is 0.658. The van der Waals surface area contributed by atoms with Crippen LogP contribution in [0.3, 0.4) is 0 Å². The Labute approximate surface area is 129 Å². The van der Waals surface area contributed by atoms with Gasteiger partial charge < -0.3 is 9.47 Å². The van der Waals surface area contributed by atoms with E-state index in [0.29, 0.717) is 6.61 Å². The van der Waals surface area contributed by atoms with E-state index in [2.05, 4.69) is 5.10 Å². The Morgan fingerprint density at radius 1 is 0.909 bits per heavy atom. The maximum absolute atomic E-state index is 5.79. The molecule has 0 aliphatic carbocycles. The molecule has 3 aromatic rings. The molecule has 2 aromatic carbocycles. The molecule has 0 unspecified atom stereocenters. The second-order valence-corrected chi connectivity index (χ2v) is 4.92. The highest BCUT2D eigenvalue weighted by Crippen LogP contribution is 2.25. The Balaban J connectivity index is 1.70. The Morgan fingerprint density at radius 2 is 1.64 bits per heavy atom. The van der Waals surface area contributed by atoms with E-state index in [1.165, 1.54) is 0 Å². The molecule has 4 heteroatoms. The molecule has 0 amide bonds. The first-order chi connectivity index (χ1) is 10.8. The highest BCUT2D eigenvalue weighted by atomic mass is 16.5. The fraction of sp³-hybridized carbons (Fsp3) is 0.167. The normalized spacial score (nSPS) is 10.6. The summed E-state index contributed by atoms with van der Waals surface area (Å²) in [5.41, 5.74) is 2.20. The summed E-state index contributed by atoms with van der Waals surface area (Å²) in [6, 6.07) is 17.8. The molecule has 0 spiro atoms. The predicted molar refractivity (Wildman–Crippen MR) is 86.1 cm³/mol. The molecule has 0 fully saturated rings. The molecule has 0 N–H and O–H groups in total. The van der Waals surface area contributed by atoms with Crippen LogP contribution in [-0.2, 0) is 11.3 Å². The first kappa shape index (κ1) is 14.4. The average molecular weight is 294 g/mol. The molecule has 4 nitrogen and oxygen atoms in total. The van der Waals surface area contributed by atoms with E-state index in [1.54, 1.807) is 7.11 Å². The van der Waals surface area contributed by atoms with Gasteiger partial charge in [0, 0.05) is 18.9 Å². The van der Waals surface area contributed by atoms with Crippen LogP contribution in [0.2, 0.25) is 0 Å². The number of hydrogen-bond donors (Lipinski definition) is 0. The van der Waals surface area contributed by atoms with Crippen LogP contribution in [0.15, 0.2) is 67.0 Å². The van der Waals surface area contributed by atoms with Gasteiger partial charge in [0.1, 0.15) is 11.5 Å². The van der Waals surface area contributed by atoms with Crippen molar-refractivity contribution in [1.82, 2.24) is 9.78 Å². The van der Waals surface area contributed by atoms with Crippen LogP contribution in [0.4, 0.5) is 0 Å². The zero-order chi connectivity index (χ0) is 15.2. The Kier molecular flexibility index (Phi) is 4.51. The van der Waals surface area contributed by atoms with Gasteiger partial charge in [0.2, 0.25) is 0 Å². The van der Waals surface area contributed by atoms with E-state index >= 15 is 0 Å². The number of aromatic nitrogens is 2. The predicted octanol–water partition coefficient (Wildman–Crippen LogP) is 3.99. The van der Waals surface area contributed by atoms with Gasteiger partial charge in [0.15, 0.2) is 0 Å². The maximum Gasteiger partial charge on any atom is 0.127 e. The van der Waals surface area contributed by atoms with Crippen LogP contribution in [0, 0.1) is 0 Å². The molecular weight excluding hydrogens is 276 g/mol. The van der Waals surface area contributed by atoms with Gasteiger partial charge in [0.05, 0.1) is 19.3 Å². The monoisotopic (exact) mass is 294 g/mol. The summed E-state index contributed by atoms with van der Waals surface area (Å²) in [5, 5.41) is 4.33. The van der Waals surface area contributed by atoms with Crippen molar-refractivity contribution >= 4 is 0 Å². The van der Waals surface area contributed by atoms with E-state index in [9.17, 15) is 0 Å². The summed E-state index contributed by atoms with van der Waals surface area (Å²) in [6.45, 7) is 1.41. The highest BCUT2D eigenvalue weighted by Gasteiger charge is 2.03. The number of ether oxygens (including phenoxy) is 2. The van der Waals surface area contributed by atoms with Gasteiger partial charge in [0.25, 0.3) is 0 Å². The third-order valence-electron chi connectivity index (χ3n) is 3.32. The molecule has 0 aliphatic heterocycles. The minimum Gasteiger partial charge on any atom is -0.457 e. The molecule has 3 rings (SSSR count). The highest BCUT2D eigenvalue weighted by molar-refractivity contribution is 5.62. The molecular formula is C18H18N2O2. The van der Waals surface area contributed by atoms with E-state index in [1.807, 2.05) is 71.7 Å². The number of methoxy groups -OCH3 is 1. The van der Waals surface area contributed by atoms with Crippen molar-refractivity contribution < 1.29 is 9.47 Å². The minimum absolute atomic E-state index is 0.658. The van der Waals surface area contributed by atoms with Crippen molar-refractivity contribution in [2.24, 2.45) is 0 Å². The summed E-state index contributed by atoms with van der Waals surface area (Å²) in [5.74, 6) is 1.66. The van der Waals surface area contributed by atoms with Crippen molar-refractivity contribution in [3.05, 3.63) is 67.0 Å². The lowest BCUT2D eigenvalue weighted by atomic mass is 10.1. The van der Waals surface area contributed by atoms with Gasteiger partial charge in [-0.05, 0) is 29.8 Å². The van der Waals surface area contributed by atoms with E-state index in [-0.39, 0.29) is 0 Å². The lowest BCUT2D eigenvalue weighted by molar-refractivity contribution is 0.183. The Morgan fingerprint density at radius 3 is 2.36 bits per heavy atom. The second-order valence-electron chi connectivity index (χ2n) is 4.92. The molecule has 112 valence electrons. The summed E-state index contributed by atoms with van der Waals surface area (Å²) in [6.07, 6.45) is 3.88. The number of rotatable bonds is 6. The molecule has 22 heavy (non-hydrogen) atoms. The standard InChI is InChI=1S/C18H18N2O2/c1-21-12-11-20-14-16(13-19-20)15-7-9-18(10-8-15)22-17-5-3-2-4-6-17/h2-10,13-14H,11-12H2,1H3. The first-order valence-electron chi connectivity index (χ1n) is 7.20. The van der Waals surface area contributed by atoms with Crippen LogP contribution in [0.1, 0.15) is 0 Å². The first-order valence-corrected chi connectivity index (χ1v) is 7.20. The molecule has 0 saturated heterocycles. The topological polar surface area (TPSA) is 36.3 Å². The van der Waals surface area contributed by atoms with Gasteiger partial charge in [-0.1, -0.05) is 30.3 Å². The second kappa shape index (κ2) is 6.91. The van der Waals surface area contributed by atoms with Crippen molar-refractivity contribution in [3.8, 4) is 22.6 Å². The van der Waals surface area contributed by atoms with Crippen molar-refractivity contribution in [1.29, 1.82) is 0 Å². The third kappa shape index (κ3) is 3.54. The van der Waals surface area contributed by atoms with Crippen LogP contribution >= 0.6 is 0 Å². The van der Waals surface area contributed by atoms with Crippen LogP contribution < -0.4 is 4.74 Å². The van der Waals surface area contributed by atoms with Gasteiger partial charge >= 0.3 is 0 Å². The quantitative estimate of drug-likeness (QED) is 0.689. The summed E-state index contributed by atoms with van der Waals surface area (Å²) >= 11 is 0. The fourth-order valence-electron chi connectivity index (χ4n) is 2.16. The van der Waals surface area contributed by atoms with Crippen molar-refractivity contribution in [2.75, 3.05) is 13.7 Å². The molecule has 0 aliphatic rings. The smallest absolute Gasteiger partial charge is 0.127 e. The van der Waals surface area contributed by atoms with E-state index < -0.39 is 0 Å². The lowest BCUT2D eigenvalue weighted by Crippen LogP contribution is -2.03. The maximum atomic E-state index is 5.79. The van der Waals surface area contributed by atoms with Gasteiger partial charge in [-0.3, -0.25) is 4.68 Å². The number of para-hydroxylation sites is 1. The van der Waals surface area contributed by atoms with E-state index in [0.717, 1.165) is 29.2 Å². The number of hydrogen-bond acceptors (Lipinski definition) is 3. The van der Waals surface area contributed by atoms with Gasteiger partial charge in [-0.15, -0.1) is 0 Å². The Hall–Kier alpha value is -2.59. The molecule has 0 radical (unpaired) electrons. The van der Waals surface area contributed by atoms with E-state index in [4.69, 9.17) is 9.47 Å². The number of nitrogens with zero attached hydrogens (tertiary/aromatic N) is 2. The SMILES string of the molecule is COCCn1cc(-c2ccc(Oc3ccccc3)cc2)cn1. The largest absolute Gasteiger partial charge is 0.457 e. The molecule has 0 saturated carbocycles. The van der Waals surface area contributed by atoms with Crippen molar-refractivity contribution in [3.63, 3.8) is 0 Å². The lowest BCUT2D eigenvalue weighted by Gasteiger charge is -2.06. The summed E-state index contributed by atoms with van der Waals surface area (Å²) in [7, 11) is 1.69. The fourth-order valence-corrected chi connectivity index (χ4v) is 2.16. The molecule has 0 bridgehead atoms. The van der Waals surface area contributed by atoms with Crippen molar-refractivity contribution in [2.45, 2.75) is 6.54 Å². The van der Waals surface area contributed by atoms with Crippen LogP contribution in [0.25, 0.3) is 11.1 Å². The summed E-state index contributed by atoms with van der Waals surface area (Å²) in [4.78, 5) is 0. The Bertz CT molecular complexity index is 705. The zero-order valence-corrected chi connectivity index (χ0v) is 12.5. The van der Waals surface area contributed by atoms with Crippen LogP contribution in [0.5, 0.6) is 11.5 Å².